The van der Waals surface area contributed by atoms with Crippen molar-refractivity contribution in [3.8, 4) is 5.75 Å². The number of methoxy groups -OCH3 is 1. The number of hydrogen-bond acceptors (Lipinski definition) is 7. The predicted octanol–water partition coefficient (Wildman–Crippen LogP) is 6.84. The number of nitrogens with one attached hydrogen (secondary N) is 1. The SMILES string of the molecule is COc1ccc(C(C)C)c(NC(=O)CN2CCN(CCCSc3nc4cccc(C(F)(F)F)c4o3)CC2)c1C(C)C. The van der Waals surface area contributed by atoms with Crippen LogP contribution in [0, 0.1) is 0 Å². The number of aromatic nitrogens is 1. The lowest BCUT2D eigenvalue weighted by atomic mass is 9.91. The van der Waals surface area contributed by atoms with Gasteiger partial charge >= 0.3 is 6.18 Å². The highest BCUT2D eigenvalue weighted by Gasteiger charge is 2.34. The fourth-order valence-electron chi connectivity index (χ4n) is 5.20. The van der Waals surface area contributed by atoms with Crippen molar-refractivity contribution in [3.05, 3.63) is 47.0 Å². The summed E-state index contributed by atoms with van der Waals surface area (Å²) in [5, 5.41) is 3.45. The second kappa shape index (κ2) is 13.5. The van der Waals surface area contributed by atoms with Gasteiger partial charge in [0.25, 0.3) is 5.22 Å². The Balaban J connectivity index is 1.24. The molecule has 1 aliphatic heterocycles. The second-order valence-corrected chi connectivity index (χ2v) is 12.0. The first-order valence-electron chi connectivity index (χ1n) is 14.0. The number of hydrogen-bond donors (Lipinski definition) is 1. The van der Waals surface area contributed by atoms with Crippen LogP contribution >= 0.6 is 11.8 Å². The number of piperazine rings is 1. The number of nitrogens with zero attached hydrogens (tertiary/aromatic N) is 3. The second-order valence-electron chi connectivity index (χ2n) is 11.0. The molecule has 2 heterocycles. The zero-order chi connectivity index (χ0) is 29.7. The molecule has 0 spiro atoms. The summed E-state index contributed by atoms with van der Waals surface area (Å²) in [5.74, 6) is 1.90. The van der Waals surface area contributed by atoms with Crippen LogP contribution < -0.4 is 10.1 Å². The number of thioether (sulfide) groups is 1. The molecule has 1 N–H and O–H groups in total. The Hall–Kier alpha value is -2.76. The largest absolute Gasteiger partial charge is 0.496 e. The van der Waals surface area contributed by atoms with E-state index in [2.05, 4.69) is 47.8 Å². The van der Waals surface area contributed by atoms with E-state index in [0.29, 0.717) is 12.3 Å². The zero-order valence-corrected chi connectivity index (χ0v) is 25.1. The van der Waals surface area contributed by atoms with Gasteiger partial charge in [0, 0.05) is 37.5 Å². The smallest absolute Gasteiger partial charge is 0.420 e. The third-order valence-corrected chi connectivity index (χ3v) is 8.21. The fourth-order valence-corrected chi connectivity index (χ4v) is 5.96. The molecule has 4 rings (SSSR count). The number of para-hydroxylation sites is 1. The molecule has 1 fully saturated rings. The van der Waals surface area contributed by atoms with E-state index in [0.717, 1.165) is 67.8 Å². The van der Waals surface area contributed by atoms with Crippen molar-refractivity contribution in [2.24, 2.45) is 0 Å². The quantitative estimate of drug-likeness (QED) is 0.193. The summed E-state index contributed by atoms with van der Waals surface area (Å²) >= 11 is 1.33. The minimum atomic E-state index is -4.48. The molecule has 0 bridgehead atoms. The maximum atomic E-state index is 13.2. The molecule has 0 atom stereocenters. The molecule has 1 amide bonds. The van der Waals surface area contributed by atoms with Crippen LogP contribution in [0.3, 0.4) is 0 Å². The number of anilines is 1. The Morgan fingerprint density at radius 2 is 1.78 bits per heavy atom. The van der Waals surface area contributed by atoms with Gasteiger partial charge in [-0.2, -0.15) is 13.2 Å². The minimum Gasteiger partial charge on any atom is -0.496 e. The van der Waals surface area contributed by atoms with Crippen molar-refractivity contribution >= 4 is 34.5 Å². The number of oxazole rings is 1. The Labute approximate surface area is 243 Å². The van der Waals surface area contributed by atoms with Gasteiger partial charge in [0.05, 0.1) is 19.3 Å². The minimum absolute atomic E-state index is 0.0288. The average Bonchev–Trinajstić information content (AvgIpc) is 3.33. The van der Waals surface area contributed by atoms with Crippen LogP contribution in [0.2, 0.25) is 0 Å². The summed E-state index contributed by atoms with van der Waals surface area (Å²) in [7, 11) is 1.66. The highest BCUT2D eigenvalue weighted by molar-refractivity contribution is 7.99. The topological polar surface area (TPSA) is 70.8 Å². The molecular formula is C30H39F3N4O3S. The number of amides is 1. The van der Waals surface area contributed by atoms with Gasteiger partial charge in [-0.3, -0.25) is 9.69 Å². The van der Waals surface area contributed by atoms with E-state index in [4.69, 9.17) is 9.15 Å². The maximum Gasteiger partial charge on any atom is 0.420 e. The molecule has 2 aromatic carbocycles. The number of fused-ring (bicyclic) bond motifs is 1. The lowest BCUT2D eigenvalue weighted by Crippen LogP contribution is -2.48. The van der Waals surface area contributed by atoms with Gasteiger partial charge in [0.15, 0.2) is 5.58 Å². The third-order valence-electron chi connectivity index (χ3n) is 7.30. The summed E-state index contributed by atoms with van der Waals surface area (Å²) in [6, 6.07) is 7.90. The first-order valence-corrected chi connectivity index (χ1v) is 15.0. The van der Waals surface area contributed by atoms with Crippen molar-refractivity contribution in [2.75, 3.05) is 57.4 Å². The predicted molar refractivity (Wildman–Crippen MR) is 157 cm³/mol. The van der Waals surface area contributed by atoms with Gasteiger partial charge in [-0.15, -0.1) is 0 Å². The summed E-state index contributed by atoms with van der Waals surface area (Å²) < 4.78 is 50.7. The number of halogens is 3. The van der Waals surface area contributed by atoms with E-state index >= 15 is 0 Å². The van der Waals surface area contributed by atoms with Gasteiger partial charge in [-0.25, -0.2) is 4.98 Å². The van der Waals surface area contributed by atoms with Crippen LogP contribution in [0.25, 0.3) is 11.1 Å². The van der Waals surface area contributed by atoms with Crippen LogP contribution in [-0.4, -0.2) is 72.8 Å². The lowest BCUT2D eigenvalue weighted by molar-refractivity contribution is -0.136. The monoisotopic (exact) mass is 592 g/mol. The van der Waals surface area contributed by atoms with E-state index in [1.54, 1.807) is 7.11 Å². The molecule has 224 valence electrons. The Kier molecular flexibility index (Phi) is 10.3. The summed E-state index contributed by atoms with van der Waals surface area (Å²) in [6.07, 6.45) is -3.63. The molecule has 7 nitrogen and oxygen atoms in total. The number of ether oxygens (including phenoxy) is 1. The van der Waals surface area contributed by atoms with Gasteiger partial charge < -0.3 is 19.4 Å². The van der Waals surface area contributed by atoms with Crippen molar-refractivity contribution in [2.45, 2.75) is 57.4 Å². The summed E-state index contributed by atoms with van der Waals surface area (Å²) in [6.45, 7) is 12.9. The lowest BCUT2D eigenvalue weighted by Gasteiger charge is -2.34. The molecule has 11 heteroatoms. The standard InChI is InChI=1S/C30H39F3N4O3S/c1-19(2)21-10-11-24(39-5)26(20(3)4)27(21)35-25(38)18-37-15-13-36(14-16-37)12-7-17-41-29-34-23-9-6-8-22(28(23)40-29)30(31,32)33/h6,8-11,19-20H,7,12-18H2,1-5H3,(H,35,38). The highest BCUT2D eigenvalue weighted by atomic mass is 32.2. The fraction of sp³-hybridized carbons (Fsp3) is 0.533. The van der Waals surface area contributed by atoms with Crippen LogP contribution in [0.15, 0.2) is 40.0 Å². The van der Waals surface area contributed by atoms with Gasteiger partial charge in [0.1, 0.15) is 16.8 Å². The van der Waals surface area contributed by atoms with Gasteiger partial charge in [-0.1, -0.05) is 51.6 Å². The number of benzene rings is 2. The van der Waals surface area contributed by atoms with Crippen molar-refractivity contribution in [1.82, 2.24) is 14.8 Å². The van der Waals surface area contributed by atoms with Crippen LogP contribution in [0.1, 0.15) is 62.6 Å². The normalized spacial score (nSPS) is 15.3. The highest BCUT2D eigenvalue weighted by Crippen LogP contribution is 2.39. The van der Waals surface area contributed by atoms with E-state index in [-0.39, 0.29) is 34.1 Å². The number of carbonyl (C=O) groups is 1. The summed E-state index contributed by atoms with van der Waals surface area (Å²) in [4.78, 5) is 21.8. The summed E-state index contributed by atoms with van der Waals surface area (Å²) in [5.41, 5.74) is 2.19. The van der Waals surface area contributed by atoms with Crippen molar-refractivity contribution in [3.63, 3.8) is 0 Å². The Morgan fingerprint density at radius 3 is 2.41 bits per heavy atom. The molecule has 0 radical (unpaired) electrons. The van der Waals surface area contributed by atoms with E-state index < -0.39 is 11.7 Å². The molecule has 3 aromatic rings. The molecule has 0 unspecified atom stereocenters. The molecule has 1 saturated heterocycles. The Bertz CT molecular complexity index is 1330. The van der Waals surface area contributed by atoms with Crippen LogP contribution in [0.4, 0.5) is 18.9 Å². The van der Waals surface area contributed by atoms with E-state index in [1.165, 1.54) is 23.9 Å². The zero-order valence-electron chi connectivity index (χ0n) is 24.3. The van der Waals surface area contributed by atoms with Crippen LogP contribution in [0.5, 0.6) is 5.75 Å². The van der Waals surface area contributed by atoms with Crippen molar-refractivity contribution in [1.29, 1.82) is 0 Å². The molecular weight excluding hydrogens is 553 g/mol. The van der Waals surface area contributed by atoms with Gasteiger partial charge in [-0.05, 0) is 48.6 Å². The molecule has 41 heavy (non-hydrogen) atoms. The number of carbonyl (C=O) groups excluding carboxylic acids is 1. The molecule has 1 aromatic heterocycles. The molecule has 1 aliphatic rings. The van der Waals surface area contributed by atoms with E-state index in [9.17, 15) is 18.0 Å². The first kappa shape index (κ1) is 31.2. The van der Waals surface area contributed by atoms with Crippen molar-refractivity contribution < 1.29 is 27.1 Å². The number of rotatable bonds is 11. The number of alkyl halides is 3. The van der Waals surface area contributed by atoms with Gasteiger partial charge in [0.2, 0.25) is 5.91 Å². The Morgan fingerprint density at radius 1 is 1.07 bits per heavy atom. The molecule has 0 aliphatic carbocycles. The van der Waals surface area contributed by atoms with E-state index in [1.807, 2.05) is 12.1 Å². The maximum absolute atomic E-state index is 13.2. The third kappa shape index (κ3) is 7.75. The molecule has 0 saturated carbocycles. The average molecular weight is 593 g/mol. The van der Waals surface area contributed by atoms with Crippen LogP contribution in [-0.2, 0) is 11.0 Å². The first-order chi connectivity index (χ1) is 19.5.